The van der Waals surface area contributed by atoms with Crippen molar-refractivity contribution in [2.75, 3.05) is 33.5 Å². The predicted octanol–water partition coefficient (Wildman–Crippen LogP) is 3.59. The SMILES string of the molecule is CC(=O)Nc1ccnc(NC(=O)N2c3nc(C(=O)CCC(F)(F)F)ccc3N3CC[C@H]2C3)c1. The van der Waals surface area contributed by atoms with E-state index in [1.165, 1.54) is 30.2 Å². The largest absolute Gasteiger partial charge is 0.389 e. The van der Waals surface area contributed by atoms with Crippen LogP contribution in [0.5, 0.6) is 0 Å². The van der Waals surface area contributed by atoms with Crippen LogP contribution in [0.1, 0.15) is 36.7 Å². The molecule has 0 unspecified atom stereocenters. The number of ketones is 1. The van der Waals surface area contributed by atoms with Crippen molar-refractivity contribution in [1.82, 2.24) is 9.97 Å². The van der Waals surface area contributed by atoms with Gasteiger partial charge in [0.1, 0.15) is 11.5 Å². The van der Waals surface area contributed by atoms with E-state index in [2.05, 4.69) is 20.6 Å². The van der Waals surface area contributed by atoms with E-state index in [1.54, 1.807) is 12.1 Å². The van der Waals surface area contributed by atoms with Gasteiger partial charge in [0.15, 0.2) is 11.6 Å². The van der Waals surface area contributed by atoms with Crippen molar-refractivity contribution in [2.45, 2.75) is 38.4 Å². The second-order valence-electron chi connectivity index (χ2n) is 7.88. The zero-order valence-electron chi connectivity index (χ0n) is 17.6. The maximum absolute atomic E-state index is 13.2. The Morgan fingerprint density at radius 1 is 1.18 bits per heavy atom. The predicted molar refractivity (Wildman–Crippen MR) is 115 cm³/mol. The van der Waals surface area contributed by atoms with Crippen LogP contribution in [-0.2, 0) is 4.79 Å². The number of amides is 3. The van der Waals surface area contributed by atoms with Gasteiger partial charge in [-0.2, -0.15) is 13.2 Å². The van der Waals surface area contributed by atoms with E-state index in [9.17, 15) is 27.6 Å². The van der Waals surface area contributed by atoms with Crippen molar-refractivity contribution in [3.8, 4) is 0 Å². The number of pyridine rings is 2. The van der Waals surface area contributed by atoms with Gasteiger partial charge in [0.05, 0.1) is 18.2 Å². The lowest BCUT2D eigenvalue weighted by molar-refractivity contribution is -0.133. The smallest absolute Gasteiger partial charge is 0.366 e. The highest BCUT2D eigenvalue weighted by Gasteiger charge is 2.40. The summed E-state index contributed by atoms with van der Waals surface area (Å²) in [5, 5.41) is 5.28. The van der Waals surface area contributed by atoms with Crippen LogP contribution < -0.4 is 20.4 Å². The third kappa shape index (κ3) is 5.04. The van der Waals surface area contributed by atoms with Gasteiger partial charge in [-0.3, -0.25) is 19.8 Å². The number of halogens is 3. The van der Waals surface area contributed by atoms with Gasteiger partial charge in [0.2, 0.25) is 5.91 Å². The topological polar surface area (TPSA) is 108 Å². The van der Waals surface area contributed by atoms with Crippen LogP contribution >= 0.6 is 0 Å². The molecule has 0 aromatic carbocycles. The summed E-state index contributed by atoms with van der Waals surface area (Å²) >= 11 is 0. The molecule has 4 heterocycles. The normalized spacial score (nSPS) is 16.9. The summed E-state index contributed by atoms with van der Waals surface area (Å²) in [7, 11) is 0. The zero-order chi connectivity index (χ0) is 23.8. The number of carbonyl (C=O) groups is 3. The van der Waals surface area contributed by atoms with Crippen LogP contribution in [0.4, 0.5) is 41.0 Å². The molecule has 2 bridgehead atoms. The first-order valence-electron chi connectivity index (χ1n) is 10.3. The average Bonchev–Trinajstić information content (AvgIpc) is 3.15. The van der Waals surface area contributed by atoms with Crippen LogP contribution in [-0.4, -0.2) is 53.0 Å². The molecule has 2 aromatic rings. The molecule has 174 valence electrons. The fraction of sp³-hybridized carbons (Fsp3) is 0.381. The molecular weight excluding hydrogens is 441 g/mol. The van der Waals surface area contributed by atoms with Gasteiger partial charge < -0.3 is 10.2 Å². The lowest BCUT2D eigenvalue weighted by Crippen LogP contribution is -2.48. The molecule has 12 heteroatoms. The Hall–Kier alpha value is -3.70. The number of carbonyl (C=O) groups excluding carboxylic acids is 3. The number of aromatic nitrogens is 2. The molecule has 3 amide bonds. The van der Waals surface area contributed by atoms with Crippen LogP contribution in [0.15, 0.2) is 30.5 Å². The number of rotatable bonds is 5. The van der Waals surface area contributed by atoms with Crippen LogP contribution in [0.3, 0.4) is 0 Å². The summed E-state index contributed by atoms with van der Waals surface area (Å²) in [5.74, 6) is -0.600. The maximum atomic E-state index is 13.2. The maximum Gasteiger partial charge on any atom is 0.389 e. The molecule has 1 atom stereocenters. The first-order valence-corrected chi connectivity index (χ1v) is 10.3. The highest BCUT2D eigenvalue weighted by molar-refractivity contribution is 6.05. The molecule has 9 nitrogen and oxygen atoms in total. The van der Waals surface area contributed by atoms with Gasteiger partial charge in [-0.25, -0.2) is 14.8 Å². The first-order chi connectivity index (χ1) is 15.6. The van der Waals surface area contributed by atoms with Crippen LogP contribution in [0.2, 0.25) is 0 Å². The monoisotopic (exact) mass is 462 g/mol. The van der Waals surface area contributed by atoms with E-state index < -0.39 is 30.8 Å². The molecule has 0 spiro atoms. The molecule has 2 aliphatic heterocycles. The van der Waals surface area contributed by atoms with Crippen LogP contribution in [0.25, 0.3) is 0 Å². The molecule has 0 radical (unpaired) electrons. The molecule has 2 aromatic heterocycles. The average molecular weight is 462 g/mol. The van der Waals surface area contributed by atoms with Gasteiger partial charge in [-0.05, 0) is 24.6 Å². The fourth-order valence-electron chi connectivity index (χ4n) is 3.96. The Bertz CT molecular complexity index is 1110. The van der Waals surface area contributed by atoms with Crippen molar-refractivity contribution < 1.29 is 27.6 Å². The number of fused-ring (bicyclic) bond motifs is 4. The Morgan fingerprint density at radius 2 is 1.97 bits per heavy atom. The molecule has 0 saturated carbocycles. The van der Waals surface area contributed by atoms with Gasteiger partial charge in [-0.15, -0.1) is 0 Å². The van der Waals surface area contributed by atoms with Crippen molar-refractivity contribution in [3.05, 3.63) is 36.2 Å². The quantitative estimate of drug-likeness (QED) is 0.658. The van der Waals surface area contributed by atoms with E-state index in [1.807, 2.05) is 4.90 Å². The number of nitrogens with one attached hydrogen (secondary N) is 2. The minimum absolute atomic E-state index is 0.121. The molecule has 4 rings (SSSR count). The lowest BCUT2D eigenvalue weighted by Gasteiger charge is -2.35. The van der Waals surface area contributed by atoms with E-state index in [0.717, 1.165) is 0 Å². The molecule has 1 fully saturated rings. The summed E-state index contributed by atoms with van der Waals surface area (Å²) in [6, 6.07) is 5.32. The first kappa shape index (κ1) is 22.5. The van der Waals surface area contributed by atoms with Crippen molar-refractivity contribution in [3.63, 3.8) is 0 Å². The Balaban J connectivity index is 1.59. The fourth-order valence-corrected chi connectivity index (χ4v) is 3.96. The number of Topliss-reactive ketones (excluding diaryl/α,β-unsaturated/α-hetero) is 1. The number of hydrogen-bond acceptors (Lipinski definition) is 6. The van der Waals surface area contributed by atoms with Gasteiger partial charge >= 0.3 is 12.2 Å². The zero-order valence-corrected chi connectivity index (χ0v) is 17.6. The van der Waals surface area contributed by atoms with Crippen molar-refractivity contribution >= 4 is 40.7 Å². The second-order valence-corrected chi connectivity index (χ2v) is 7.88. The molecule has 2 N–H and O–H groups in total. The molecule has 33 heavy (non-hydrogen) atoms. The number of anilines is 4. The standard InChI is InChI=1S/C21H21F3N6O3/c1-12(31)26-13-5-8-25-18(10-13)28-20(33)30-14-6-9-29(11-14)16-3-2-15(27-19(16)30)17(32)4-7-21(22,23)24/h2-3,5,8,10,14H,4,6-7,9,11H2,1H3,(H2,25,26,28,31,33)/t14-/m0/s1. The second kappa shape index (κ2) is 8.68. The molecule has 1 saturated heterocycles. The lowest BCUT2D eigenvalue weighted by atomic mass is 10.1. The van der Waals surface area contributed by atoms with Gasteiger partial charge in [0, 0.05) is 44.4 Å². The Morgan fingerprint density at radius 3 is 2.70 bits per heavy atom. The molecule has 0 aliphatic carbocycles. The molecule has 2 aliphatic rings. The van der Waals surface area contributed by atoms with E-state index in [0.29, 0.717) is 30.9 Å². The number of alkyl halides is 3. The highest BCUT2D eigenvalue weighted by atomic mass is 19.4. The molecular formula is C21H21F3N6O3. The number of urea groups is 1. The van der Waals surface area contributed by atoms with Crippen molar-refractivity contribution in [2.24, 2.45) is 0 Å². The summed E-state index contributed by atoms with van der Waals surface area (Å²) in [6.07, 6.45) is -4.30. The van der Waals surface area contributed by atoms with Gasteiger partial charge in [-0.1, -0.05) is 0 Å². The van der Waals surface area contributed by atoms with Crippen LogP contribution in [0, 0.1) is 0 Å². The number of nitrogens with zero attached hydrogens (tertiary/aromatic N) is 4. The van der Waals surface area contributed by atoms with E-state index >= 15 is 0 Å². The highest BCUT2D eigenvalue weighted by Crippen LogP contribution is 2.39. The third-order valence-corrected chi connectivity index (χ3v) is 5.41. The Kier molecular flexibility index (Phi) is 5.91. The summed E-state index contributed by atoms with van der Waals surface area (Å²) in [4.78, 5) is 48.6. The van der Waals surface area contributed by atoms with E-state index in [-0.39, 0.29) is 29.3 Å². The Labute approximate surface area is 187 Å². The summed E-state index contributed by atoms with van der Waals surface area (Å²) in [6.45, 7) is 2.61. The minimum Gasteiger partial charge on any atom is -0.366 e. The minimum atomic E-state index is -4.45. The van der Waals surface area contributed by atoms with E-state index in [4.69, 9.17) is 0 Å². The van der Waals surface area contributed by atoms with Gasteiger partial charge in [0.25, 0.3) is 0 Å². The summed E-state index contributed by atoms with van der Waals surface area (Å²) in [5.41, 5.74) is 0.963. The third-order valence-electron chi connectivity index (χ3n) is 5.41. The van der Waals surface area contributed by atoms with Crippen molar-refractivity contribution in [1.29, 1.82) is 0 Å². The number of hydrogen-bond donors (Lipinski definition) is 2. The summed E-state index contributed by atoms with van der Waals surface area (Å²) < 4.78 is 37.6.